The lowest BCUT2D eigenvalue weighted by atomic mass is 9.96. The minimum Gasteiger partial charge on any atom is -0.398 e. The van der Waals surface area contributed by atoms with Gasteiger partial charge in [-0.15, -0.1) is 0 Å². The lowest BCUT2D eigenvalue weighted by molar-refractivity contribution is 0.867. The maximum Gasteiger partial charge on any atom is 0.0406 e. The van der Waals surface area contributed by atoms with E-state index in [1.54, 1.807) is 0 Å². The molecule has 2 aromatic rings. The summed E-state index contributed by atoms with van der Waals surface area (Å²) in [4.78, 5) is 0. The van der Waals surface area contributed by atoms with Crippen LogP contribution in [-0.4, -0.2) is 0 Å². The molecule has 0 aliphatic carbocycles. The lowest BCUT2D eigenvalue weighted by Crippen LogP contribution is -1.94. The summed E-state index contributed by atoms with van der Waals surface area (Å²) in [6.45, 7) is 4.36. The second kappa shape index (κ2) is 4.80. The average Bonchev–Trinajstić information content (AvgIpc) is 2.31. The van der Waals surface area contributed by atoms with E-state index in [2.05, 4.69) is 26.0 Å². The topological polar surface area (TPSA) is 26.0 Å². The van der Waals surface area contributed by atoms with Gasteiger partial charge in [0.2, 0.25) is 0 Å². The van der Waals surface area contributed by atoms with Crippen molar-refractivity contribution in [1.29, 1.82) is 0 Å². The molecule has 0 aromatic heterocycles. The van der Waals surface area contributed by atoms with Gasteiger partial charge in [-0.05, 0) is 41.3 Å². The van der Waals surface area contributed by atoms with Crippen LogP contribution in [-0.2, 0) is 0 Å². The Morgan fingerprint density at radius 2 is 1.65 bits per heavy atom. The third-order valence-electron chi connectivity index (χ3n) is 2.90. The molecule has 88 valence electrons. The van der Waals surface area contributed by atoms with Gasteiger partial charge in [0.15, 0.2) is 0 Å². The lowest BCUT2D eigenvalue weighted by Gasteiger charge is -2.11. The molecule has 2 rings (SSSR count). The van der Waals surface area contributed by atoms with Gasteiger partial charge < -0.3 is 5.73 Å². The fourth-order valence-corrected chi connectivity index (χ4v) is 1.94. The summed E-state index contributed by atoms with van der Waals surface area (Å²) in [7, 11) is 0. The number of rotatable bonds is 2. The first-order valence-electron chi connectivity index (χ1n) is 5.73. The van der Waals surface area contributed by atoms with Gasteiger partial charge in [0, 0.05) is 16.3 Å². The van der Waals surface area contributed by atoms with Crippen molar-refractivity contribution in [3.63, 3.8) is 0 Å². The highest BCUT2D eigenvalue weighted by Gasteiger charge is 2.06. The number of hydrogen-bond acceptors (Lipinski definition) is 1. The Balaban J connectivity index is 2.50. The van der Waals surface area contributed by atoms with Crippen LogP contribution in [0, 0.1) is 0 Å². The highest BCUT2D eigenvalue weighted by atomic mass is 35.5. The van der Waals surface area contributed by atoms with Crippen LogP contribution < -0.4 is 5.73 Å². The minimum atomic E-state index is 0.502. The molecular weight excluding hydrogens is 230 g/mol. The molecule has 0 saturated carbocycles. The van der Waals surface area contributed by atoms with Crippen LogP contribution in [0.5, 0.6) is 0 Å². The molecule has 0 unspecified atom stereocenters. The van der Waals surface area contributed by atoms with Crippen molar-refractivity contribution in [2.75, 3.05) is 5.73 Å². The maximum atomic E-state index is 6.03. The summed E-state index contributed by atoms with van der Waals surface area (Å²) in [6, 6.07) is 14.0. The first-order valence-corrected chi connectivity index (χ1v) is 6.11. The Bertz CT molecular complexity index is 515. The normalized spacial score (nSPS) is 10.8. The van der Waals surface area contributed by atoms with Crippen LogP contribution in [0.25, 0.3) is 11.1 Å². The summed E-state index contributed by atoms with van der Waals surface area (Å²) in [5.74, 6) is 0.502. The minimum absolute atomic E-state index is 0.502. The van der Waals surface area contributed by atoms with Crippen LogP contribution in [0.4, 0.5) is 5.69 Å². The molecule has 2 N–H and O–H groups in total. The van der Waals surface area contributed by atoms with E-state index in [4.69, 9.17) is 17.3 Å². The van der Waals surface area contributed by atoms with E-state index in [9.17, 15) is 0 Å². The monoisotopic (exact) mass is 245 g/mol. The van der Waals surface area contributed by atoms with Crippen molar-refractivity contribution in [2.45, 2.75) is 19.8 Å². The van der Waals surface area contributed by atoms with E-state index in [1.165, 1.54) is 5.56 Å². The highest BCUT2D eigenvalue weighted by Crippen LogP contribution is 2.30. The highest BCUT2D eigenvalue weighted by molar-refractivity contribution is 6.30. The third-order valence-corrected chi connectivity index (χ3v) is 3.15. The number of nitrogen functional groups attached to an aromatic ring is 1. The second-order valence-electron chi connectivity index (χ2n) is 4.51. The van der Waals surface area contributed by atoms with Crippen molar-refractivity contribution in [2.24, 2.45) is 0 Å². The number of hydrogen-bond donors (Lipinski definition) is 1. The molecular formula is C15H16ClN. The van der Waals surface area contributed by atoms with Crippen molar-refractivity contribution in [3.05, 3.63) is 53.1 Å². The number of benzene rings is 2. The quantitative estimate of drug-likeness (QED) is 0.762. The van der Waals surface area contributed by atoms with Gasteiger partial charge in [0.1, 0.15) is 0 Å². The van der Waals surface area contributed by atoms with Gasteiger partial charge in [-0.3, -0.25) is 0 Å². The van der Waals surface area contributed by atoms with Gasteiger partial charge in [-0.1, -0.05) is 43.6 Å². The van der Waals surface area contributed by atoms with Gasteiger partial charge >= 0.3 is 0 Å². The summed E-state index contributed by atoms with van der Waals surface area (Å²) in [5, 5.41) is 0.743. The van der Waals surface area contributed by atoms with E-state index in [0.717, 1.165) is 21.8 Å². The number of halogens is 1. The molecule has 0 saturated heterocycles. The molecule has 1 nitrogen and oxygen atoms in total. The van der Waals surface area contributed by atoms with Crippen LogP contribution >= 0.6 is 11.6 Å². The molecule has 0 bridgehead atoms. The Hall–Kier alpha value is -1.47. The van der Waals surface area contributed by atoms with E-state index in [0.29, 0.717) is 5.92 Å². The Labute approximate surface area is 107 Å². The molecule has 0 aliphatic rings. The van der Waals surface area contributed by atoms with Gasteiger partial charge in [0.25, 0.3) is 0 Å². The van der Waals surface area contributed by atoms with Gasteiger partial charge in [-0.25, -0.2) is 0 Å². The van der Waals surface area contributed by atoms with Gasteiger partial charge in [-0.2, -0.15) is 0 Å². The third kappa shape index (κ3) is 2.62. The molecule has 0 aliphatic heterocycles. The van der Waals surface area contributed by atoms with E-state index in [-0.39, 0.29) is 0 Å². The summed E-state index contributed by atoms with van der Waals surface area (Å²) in [6.07, 6.45) is 0. The van der Waals surface area contributed by atoms with Crippen molar-refractivity contribution in [3.8, 4) is 11.1 Å². The standard InChI is InChI=1S/C15H16ClN/c1-10(2)12-5-8-15(17)14(9-12)11-3-6-13(16)7-4-11/h3-10H,17H2,1-2H3. The largest absolute Gasteiger partial charge is 0.398 e. The average molecular weight is 246 g/mol. The molecule has 0 spiro atoms. The van der Waals surface area contributed by atoms with Crippen LogP contribution in [0.2, 0.25) is 5.02 Å². The predicted octanol–water partition coefficient (Wildman–Crippen LogP) is 4.71. The van der Waals surface area contributed by atoms with Crippen LogP contribution in [0.3, 0.4) is 0 Å². The molecule has 0 fully saturated rings. The van der Waals surface area contributed by atoms with E-state index >= 15 is 0 Å². The first-order chi connectivity index (χ1) is 8.08. The van der Waals surface area contributed by atoms with Gasteiger partial charge in [0.05, 0.1) is 0 Å². The summed E-state index contributed by atoms with van der Waals surface area (Å²) in [5.41, 5.74) is 10.3. The summed E-state index contributed by atoms with van der Waals surface area (Å²) >= 11 is 5.89. The SMILES string of the molecule is CC(C)c1ccc(N)c(-c2ccc(Cl)cc2)c1. The van der Waals surface area contributed by atoms with Crippen molar-refractivity contribution < 1.29 is 0 Å². The maximum absolute atomic E-state index is 6.03. The van der Waals surface area contributed by atoms with Crippen LogP contribution in [0.15, 0.2) is 42.5 Å². The second-order valence-corrected chi connectivity index (χ2v) is 4.94. The Morgan fingerprint density at radius 3 is 2.24 bits per heavy atom. The number of anilines is 1. The molecule has 2 heteroatoms. The first kappa shape index (κ1) is 12.0. The molecule has 0 amide bonds. The smallest absolute Gasteiger partial charge is 0.0406 e. The zero-order chi connectivity index (χ0) is 12.4. The molecule has 0 atom stereocenters. The fraction of sp³-hybridized carbons (Fsp3) is 0.200. The zero-order valence-corrected chi connectivity index (χ0v) is 10.8. The molecule has 2 aromatic carbocycles. The predicted molar refractivity (Wildman–Crippen MR) is 75.4 cm³/mol. The molecule has 0 radical (unpaired) electrons. The Morgan fingerprint density at radius 1 is 1.00 bits per heavy atom. The van der Waals surface area contributed by atoms with Crippen LogP contribution in [0.1, 0.15) is 25.3 Å². The zero-order valence-electron chi connectivity index (χ0n) is 10.1. The number of nitrogens with two attached hydrogens (primary N) is 1. The summed E-state index contributed by atoms with van der Waals surface area (Å²) < 4.78 is 0. The molecule has 17 heavy (non-hydrogen) atoms. The van der Waals surface area contributed by atoms with Crippen molar-refractivity contribution in [1.82, 2.24) is 0 Å². The fourth-order valence-electron chi connectivity index (χ4n) is 1.81. The van der Waals surface area contributed by atoms with E-state index in [1.807, 2.05) is 30.3 Å². The van der Waals surface area contributed by atoms with Crippen molar-refractivity contribution >= 4 is 17.3 Å². The Kier molecular flexibility index (Phi) is 3.39. The molecule has 0 heterocycles. The van der Waals surface area contributed by atoms with E-state index < -0.39 is 0 Å².